The van der Waals surface area contributed by atoms with Crippen molar-refractivity contribution in [3.8, 4) is 0 Å². The van der Waals surface area contributed by atoms with Crippen LogP contribution in [0.2, 0.25) is 0 Å². The Morgan fingerprint density at radius 2 is 1.09 bits per heavy atom. The van der Waals surface area contributed by atoms with Gasteiger partial charge in [-0.25, -0.2) is 0 Å². The summed E-state index contributed by atoms with van der Waals surface area (Å²) in [6.07, 6.45) is -4.72. The molecule has 6 nitrogen and oxygen atoms in total. The highest BCUT2D eigenvalue weighted by Crippen LogP contribution is 2.41. The normalized spacial score (nSPS) is 25.2. The summed E-state index contributed by atoms with van der Waals surface area (Å²) >= 11 is 0. The number of aliphatic hydroxyl groups excluding tert-OH is 4. The van der Waals surface area contributed by atoms with Crippen molar-refractivity contribution in [3.63, 3.8) is 0 Å². The molecule has 3 aromatic carbocycles. The lowest BCUT2D eigenvalue weighted by atomic mass is 9.80. The predicted molar refractivity (Wildman–Crippen MR) is 128 cm³/mol. The minimum absolute atomic E-state index is 0.0285. The summed E-state index contributed by atoms with van der Waals surface area (Å²) in [4.78, 5) is 0. The fraction of sp³-hybridized carbons (Fsp3) is 0.357. The zero-order valence-corrected chi connectivity index (χ0v) is 19.0. The van der Waals surface area contributed by atoms with Crippen molar-refractivity contribution < 1.29 is 29.9 Å². The Balaban J connectivity index is 1.72. The van der Waals surface area contributed by atoms with Crippen LogP contribution in [0.25, 0.3) is 0 Å². The van der Waals surface area contributed by atoms with Gasteiger partial charge in [0, 0.05) is 6.61 Å². The van der Waals surface area contributed by atoms with E-state index in [2.05, 4.69) is 0 Å². The molecular weight excluding hydrogens is 432 g/mol. The first-order valence-corrected chi connectivity index (χ1v) is 11.7. The van der Waals surface area contributed by atoms with E-state index in [1.807, 2.05) is 91.0 Å². The Morgan fingerprint density at radius 3 is 1.53 bits per heavy atom. The molecule has 0 aliphatic carbocycles. The van der Waals surface area contributed by atoms with Crippen LogP contribution in [0.5, 0.6) is 0 Å². The van der Waals surface area contributed by atoms with Gasteiger partial charge in [-0.05, 0) is 29.5 Å². The van der Waals surface area contributed by atoms with E-state index in [-0.39, 0.29) is 13.2 Å². The van der Waals surface area contributed by atoms with Crippen LogP contribution in [0.15, 0.2) is 91.0 Å². The molecule has 0 radical (unpaired) electrons. The van der Waals surface area contributed by atoms with E-state index in [1.165, 1.54) is 0 Å². The van der Waals surface area contributed by atoms with Crippen molar-refractivity contribution in [1.82, 2.24) is 0 Å². The third kappa shape index (κ3) is 4.93. The first kappa shape index (κ1) is 24.5. The van der Waals surface area contributed by atoms with Gasteiger partial charge in [0.05, 0.1) is 12.7 Å². The highest BCUT2D eigenvalue weighted by atomic mass is 16.6. The monoisotopic (exact) mass is 464 g/mol. The van der Waals surface area contributed by atoms with Crippen molar-refractivity contribution in [2.24, 2.45) is 0 Å². The van der Waals surface area contributed by atoms with Crippen molar-refractivity contribution in [1.29, 1.82) is 0 Å². The lowest BCUT2D eigenvalue weighted by Gasteiger charge is -2.43. The first-order chi connectivity index (χ1) is 16.6. The summed E-state index contributed by atoms with van der Waals surface area (Å²) in [6, 6.07) is 29.6. The first-order valence-electron chi connectivity index (χ1n) is 11.7. The van der Waals surface area contributed by atoms with Crippen molar-refractivity contribution in [2.45, 2.75) is 49.0 Å². The summed E-state index contributed by atoms with van der Waals surface area (Å²) in [5.41, 5.74) is 1.74. The topological polar surface area (TPSA) is 99.4 Å². The number of ether oxygens (including phenoxy) is 2. The molecule has 34 heavy (non-hydrogen) atoms. The van der Waals surface area contributed by atoms with Gasteiger partial charge in [0.15, 0.2) is 0 Å². The molecule has 0 bridgehead atoms. The average molecular weight is 465 g/mol. The lowest BCUT2D eigenvalue weighted by Crippen LogP contribution is -2.59. The molecule has 1 heterocycles. The van der Waals surface area contributed by atoms with Gasteiger partial charge in [-0.15, -0.1) is 0 Å². The molecule has 1 saturated heterocycles. The molecule has 180 valence electrons. The van der Waals surface area contributed by atoms with Gasteiger partial charge < -0.3 is 29.9 Å². The van der Waals surface area contributed by atoms with Crippen LogP contribution in [-0.4, -0.2) is 64.2 Å². The largest absolute Gasteiger partial charge is 0.396 e. The summed E-state index contributed by atoms with van der Waals surface area (Å²) in [5.74, 6) is 0. The van der Waals surface area contributed by atoms with E-state index in [4.69, 9.17) is 9.47 Å². The van der Waals surface area contributed by atoms with Gasteiger partial charge in [0.1, 0.15) is 30.0 Å². The Kier molecular flexibility index (Phi) is 8.11. The van der Waals surface area contributed by atoms with E-state index >= 15 is 0 Å². The smallest absolute Gasteiger partial charge is 0.143 e. The van der Waals surface area contributed by atoms with E-state index < -0.39 is 36.1 Å². The fourth-order valence-electron chi connectivity index (χ4n) is 4.67. The maximum Gasteiger partial charge on any atom is 0.143 e. The molecule has 0 unspecified atom stereocenters. The maximum absolute atomic E-state index is 10.7. The Labute approximate surface area is 200 Å². The number of rotatable bonds is 9. The zero-order valence-electron chi connectivity index (χ0n) is 19.0. The van der Waals surface area contributed by atoms with Gasteiger partial charge in [-0.2, -0.15) is 0 Å². The second-order valence-electron chi connectivity index (χ2n) is 8.64. The van der Waals surface area contributed by atoms with Crippen LogP contribution in [-0.2, 0) is 15.1 Å². The van der Waals surface area contributed by atoms with Crippen LogP contribution < -0.4 is 0 Å². The van der Waals surface area contributed by atoms with Gasteiger partial charge in [0.2, 0.25) is 0 Å². The number of hydrogen-bond acceptors (Lipinski definition) is 6. The third-order valence-electron chi connectivity index (χ3n) is 6.46. The number of hydrogen-bond donors (Lipinski definition) is 4. The Hall–Kier alpha value is -2.58. The van der Waals surface area contributed by atoms with Crippen LogP contribution in [0.1, 0.15) is 29.5 Å². The summed E-state index contributed by atoms with van der Waals surface area (Å²) in [7, 11) is 0. The van der Waals surface area contributed by atoms with Gasteiger partial charge in [0.25, 0.3) is 0 Å². The Bertz CT molecular complexity index is 901. The minimum atomic E-state index is -1.37. The quantitative estimate of drug-likeness (QED) is 0.364. The Morgan fingerprint density at radius 1 is 0.647 bits per heavy atom. The molecule has 6 heteroatoms. The van der Waals surface area contributed by atoms with Gasteiger partial charge in [-0.1, -0.05) is 91.0 Å². The minimum Gasteiger partial charge on any atom is -0.396 e. The molecule has 4 N–H and O–H groups in total. The maximum atomic E-state index is 10.7. The van der Waals surface area contributed by atoms with E-state index in [1.54, 1.807) is 0 Å². The lowest BCUT2D eigenvalue weighted by molar-refractivity contribution is -0.239. The zero-order chi connectivity index (χ0) is 24.0. The van der Waals surface area contributed by atoms with Crippen molar-refractivity contribution in [3.05, 3.63) is 108 Å². The highest BCUT2D eigenvalue weighted by molar-refractivity contribution is 5.47. The molecule has 3 aromatic rings. The van der Waals surface area contributed by atoms with Crippen molar-refractivity contribution in [2.75, 3.05) is 13.2 Å². The molecule has 0 amide bonds. The summed E-state index contributed by atoms with van der Waals surface area (Å²) in [5, 5.41) is 40.7. The molecule has 4 rings (SSSR count). The van der Waals surface area contributed by atoms with Crippen molar-refractivity contribution >= 4 is 0 Å². The average Bonchev–Trinajstić information content (AvgIpc) is 2.90. The number of benzene rings is 3. The number of aliphatic hydroxyl groups is 4. The van der Waals surface area contributed by atoms with Crippen LogP contribution in [0.3, 0.4) is 0 Å². The molecule has 5 atom stereocenters. The molecule has 1 fully saturated rings. The highest BCUT2D eigenvalue weighted by Gasteiger charge is 2.45. The molecule has 0 aromatic heterocycles. The van der Waals surface area contributed by atoms with Crippen LogP contribution in [0.4, 0.5) is 0 Å². The molecule has 0 saturated carbocycles. The summed E-state index contributed by atoms with van der Waals surface area (Å²) in [6.45, 7) is -0.0786. The SMILES string of the molecule is OCCC[C@H]1O[C@H](COC(c2ccccc2)(c2ccccc2)c2ccccc2)[C@@H](O)[C@H](O)[C@H]1O. The fourth-order valence-corrected chi connectivity index (χ4v) is 4.67. The van der Waals surface area contributed by atoms with E-state index in [0.29, 0.717) is 12.8 Å². The molecule has 1 aliphatic heterocycles. The standard InChI is InChI=1S/C28H32O6/c29-18-10-17-23-25(30)27(32)26(31)24(34-23)19-33-28(20-11-4-1-5-12-20,21-13-6-2-7-14-21)22-15-8-3-9-16-22/h1-9,11-16,23-27,29-32H,10,17-19H2/t23-,24-,25+,26-,27-/m1/s1. The second-order valence-corrected chi connectivity index (χ2v) is 8.64. The summed E-state index contributed by atoms with van der Waals surface area (Å²) < 4.78 is 12.7. The molecular formula is C28H32O6. The van der Waals surface area contributed by atoms with Crippen LogP contribution in [0, 0.1) is 0 Å². The molecule has 1 aliphatic rings. The van der Waals surface area contributed by atoms with Crippen LogP contribution >= 0.6 is 0 Å². The van der Waals surface area contributed by atoms with Gasteiger partial charge >= 0.3 is 0 Å². The van der Waals surface area contributed by atoms with E-state index in [0.717, 1.165) is 16.7 Å². The predicted octanol–water partition coefficient (Wildman–Crippen LogP) is 2.62. The molecule has 0 spiro atoms. The van der Waals surface area contributed by atoms with Gasteiger partial charge in [-0.3, -0.25) is 0 Å². The second kappa shape index (κ2) is 11.2. The van der Waals surface area contributed by atoms with E-state index in [9.17, 15) is 20.4 Å². The third-order valence-corrected chi connectivity index (χ3v) is 6.46.